The second-order valence-electron chi connectivity index (χ2n) is 27.4. The van der Waals surface area contributed by atoms with Gasteiger partial charge in [0.25, 0.3) is 15.6 Å². The summed E-state index contributed by atoms with van der Waals surface area (Å²) in [4.78, 5) is 168. The molecule has 110 heavy (non-hydrogen) atoms. The number of alkyl carbamates (subject to hydrolysis) is 2. The summed E-state index contributed by atoms with van der Waals surface area (Å²) in [6, 6.07) is 15.3. The van der Waals surface area contributed by atoms with E-state index in [1.807, 2.05) is 62.2 Å². The molecule has 0 aliphatic rings. The summed E-state index contributed by atoms with van der Waals surface area (Å²) in [5, 5.41) is 9.33. The van der Waals surface area contributed by atoms with Crippen LogP contribution in [0.4, 0.5) is 9.59 Å². The van der Waals surface area contributed by atoms with Crippen LogP contribution in [0.5, 0.6) is 0 Å². The number of phosphoric acid groups is 2. The molecule has 5 atom stereocenters. The second kappa shape index (κ2) is 54.4. The topological polar surface area (TPSA) is 520 Å². The molecule has 2 aromatic carbocycles. The van der Waals surface area contributed by atoms with Crippen LogP contribution < -0.4 is 42.5 Å². The Labute approximate surface area is 653 Å². The fourth-order valence-electron chi connectivity index (χ4n) is 8.54. The third-order valence-electron chi connectivity index (χ3n) is 14.9. The molecule has 616 valence electrons. The van der Waals surface area contributed by atoms with E-state index in [2.05, 4.69) is 48.2 Å². The van der Waals surface area contributed by atoms with E-state index in [-0.39, 0.29) is 124 Å². The van der Waals surface area contributed by atoms with E-state index in [9.17, 15) is 76.5 Å². The molecule has 0 bridgehead atoms. The Hall–Kier alpha value is -8.30. The zero-order chi connectivity index (χ0) is 83.8. The Morgan fingerprint density at radius 1 is 0.509 bits per heavy atom. The Balaban J connectivity index is -0.00000177. The molecular formula is C69H111AlBN9O28P2. The van der Waals surface area contributed by atoms with Crippen molar-refractivity contribution < 1.29 is 141 Å². The van der Waals surface area contributed by atoms with Crippen LogP contribution in [0, 0.1) is 20.6 Å². The Bertz CT molecular complexity index is 3370. The Kier molecular flexibility index (Phi) is 52.3. The van der Waals surface area contributed by atoms with Crippen molar-refractivity contribution in [3.05, 3.63) is 96.1 Å². The van der Waals surface area contributed by atoms with E-state index >= 15 is 0 Å². The van der Waals surface area contributed by atoms with E-state index < -0.39 is 135 Å². The second-order valence-corrected chi connectivity index (χ2v) is 30.2. The fourth-order valence-corrected chi connectivity index (χ4v) is 9.89. The zero-order valence-electron chi connectivity index (χ0n) is 65.4. The predicted octanol–water partition coefficient (Wildman–Crippen LogP) is 2.53. The van der Waals surface area contributed by atoms with Gasteiger partial charge in [0.15, 0.2) is 0 Å². The summed E-state index contributed by atoms with van der Waals surface area (Å²) in [6.45, 7) is 17.8. The Morgan fingerprint density at radius 2 is 0.827 bits per heavy atom. The maximum atomic E-state index is 13.4. The molecule has 2 aromatic rings. The number of nitrogens with one attached hydrogen (secondary N) is 5. The summed E-state index contributed by atoms with van der Waals surface area (Å²) in [5.74, 6) is -6.93. The molecule has 6 amide bonds. The molecule has 0 saturated carbocycles. The molecule has 0 aromatic heterocycles. The van der Waals surface area contributed by atoms with Crippen LogP contribution in [0.1, 0.15) is 105 Å². The van der Waals surface area contributed by atoms with Crippen molar-refractivity contribution in [2.75, 3.05) is 135 Å². The zero-order valence-corrected chi connectivity index (χ0v) is 68.4. The molecule has 37 nitrogen and oxygen atoms in total. The predicted molar refractivity (Wildman–Crippen MR) is 395 cm³/mol. The summed E-state index contributed by atoms with van der Waals surface area (Å²) in [5.41, 5.74) is 9.20. The summed E-state index contributed by atoms with van der Waals surface area (Å²) in [7, 11) is 2.48. The minimum absolute atomic E-state index is 0. The average Bonchev–Trinajstić information content (AvgIpc) is 0.773. The third kappa shape index (κ3) is 51.2. The molecule has 41 heteroatoms. The molecule has 0 aliphatic carbocycles. The number of amides is 6. The van der Waals surface area contributed by atoms with E-state index in [4.69, 9.17) is 58.0 Å². The number of nitrogens with two attached hydrogens (primary N) is 2. The van der Waals surface area contributed by atoms with Crippen molar-refractivity contribution in [2.24, 2.45) is 27.7 Å². The van der Waals surface area contributed by atoms with Crippen LogP contribution in [0.3, 0.4) is 0 Å². The van der Waals surface area contributed by atoms with Crippen LogP contribution in [0.15, 0.2) is 85.0 Å². The number of hydrogen-bond donors (Lipinski definition) is 7. The molecule has 0 spiro atoms. The summed E-state index contributed by atoms with van der Waals surface area (Å²) in [6.07, 6.45) is -1.90. The van der Waals surface area contributed by atoms with Crippen LogP contribution >= 0.6 is 15.6 Å². The number of esters is 6. The van der Waals surface area contributed by atoms with E-state index in [0.29, 0.717) is 34.0 Å². The fraction of sp³-hybridized carbons (Fsp3) is 0.594. The number of ether oxygens (including phenoxy) is 8. The van der Waals surface area contributed by atoms with Crippen LogP contribution in [-0.2, 0) is 126 Å². The number of quaternary nitrogens is 2. The first-order valence-electron chi connectivity index (χ1n) is 34.0. The number of hydrogen-bond acceptors (Lipinski definition) is 29. The molecule has 0 fully saturated rings. The van der Waals surface area contributed by atoms with Gasteiger partial charge in [0.2, 0.25) is 23.6 Å². The van der Waals surface area contributed by atoms with Gasteiger partial charge in [-0.2, -0.15) is 0 Å². The van der Waals surface area contributed by atoms with Gasteiger partial charge in [0.1, 0.15) is 104 Å². The van der Waals surface area contributed by atoms with Crippen molar-refractivity contribution in [3.8, 4) is 0 Å². The normalized spacial score (nSPS) is 13.2. The first-order valence-corrected chi connectivity index (χ1v) is 37.5. The Morgan fingerprint density at radius 3 is 1.16 bits per heavy atom. The van der Waals surface area contributed by atoms with Gasteiger partial charge in [0.05, 0.1) is 66.3 Å². The van der Waals surface area contributed by atoms with Crippen LogP contribution in [0.25, 0.3) is 0 Å². The number of benzene rings is 2. The molecule has 9 N–H and O–H groups in total. The number of carbonyl (C=O) groups is 12. The number of carbonyl (C=O) groups excluding carboxylic acids is 12. The van der Waals surface area contributed by atoms with Crippen LogP contribution in [-0.4, -0.2) is 252 Å². The maximum absolute atomic E-state index is 13.4. The van der Waals surface area contributed by atoms with Crippen molar-refractivity contribution in [3.63, 3.8) is 0 Å². The molecule has 0 saturated heterocycles. The van der Waals surface area contributed by atoms with Crippen molar-refractivity contribution in [1.82, 2.24) is 21.3 Å². The van der Waals surface area contributed by atoms with Crippen molar-refractivity contribution in [2.45, 2.75) is 119 Å². The van der Waals surface area contributed by atoms with Gasteiger partial charge in [0, 0.05) is 32.4 Å². The monoisotopic (exact) mass is 1610 g/mol. The first-order chi connectivity index (χ1) is 50.6. The van der Waals surface area contributed by atoms with Crippen molar-refractivity contribution >= 4 is 112 Å². The minimum atomic E-state index is -4.57. The summed E-state index contributed by atoms with van der Waals surface area (Å²) >= 11 is 1.67. The van der Waals surface area contributed by atoms with Gasteiger partial charge in [-0.1, -0.05) is 94.6 Å². The standard InChI is InChI=1S/C37H61N4O14P.C21H27N3O8.C11H22NO6P.Al.B.HN/c1-10-37(6,36(4,5)26-35(2,3)32(45)51-22-23-55-56(48,49)54-19-18-41(7,8)9)33(46)52-21-20-50-30(43)24-39-31(44)28(16-17-29(38)42)40-34(47)53-25-27-14-12-11-13-15-27;1-14(2)20(28)31-11-10-30-18(26)12-23-19(27)16(8-9-17(22)25)24-21(29)32-13-15-6-4-3-5-7-15;1-10(2)11(13)16-8-9-18-19(14,15)17-7-6-12(3,4)5;;;/h11-15,28H,10,16-26H2,1-9H3,(H4-,38,39,40,42,44,47,48,49);3-7,16H,1,8-13H2,2H3,(H2,22,25)(H,23,27)(H,24,29);1,6-9H2,2-5H3;;;1H/t28-,37?;16-;;;;/m00..../s1. The summed E-state index contributed by atoms with van der Waals surface area (Å²) < 4.78 is 89.2. The SMILES string of the molecule is C=C(C)C(=O)OCCOC(=O)CNC(=O)[C@H](CCC(N)=O)NC(=O)OCc1ccccc1.C=C(C)C(=O)OCCOP(=O)([O-])OCC[N+](C)(C)C.CCC(C)(C(=O)OCCOC(=O)CNC(=O)[C@H](CCC(N)=O)NC(=O)OCc1ccccc1)C(C)(C)CC(C)(C)C(=O)OCCOP(=O)([O-])OCC[N+](C)(C)C.[B].[NH]=[Al]. The van der Waals surface area contributed by atoms with E-state index in [0.717, 1.165) is 5.56 Å². The van der Waals surface area contributed by atoms with Gasteiger partial charge in [-0.15, -0.1) is 0 Å². The number of likely N-dealkylation sites (N-methyl/N-ethyl adjacent to an activating group) is 2. The third-order valence-corrected chi connectivity index (χ3v) is 16.9. The molecule has 3 unspecified atom stereocenters. The molecule has 0 aliphatic heterocycles. The molecule has 2 rings (SSSR count). The van der Waals surface area contributed by atoms with E-state index in [1.54, 1.807) is 98.4 Å². The number of phosphoric ester groups is 2. The van der Waals surface area contributed by atoms with Gasteiger partial charge >= 0.3 is 68.4 Å². The van der Waals surface area contributed by atoms with Gasteiger partial charge in [-0.05, 0) is 76.8 Å². The molecular weight excluding hydrogens is 1500 g/mol. The van der Waals surface area contributed by atoms with Crippen molar-refractivity contribution in [1.29, 1.82) is 4.35 Å². The van der Waals surface area contributed by atoms with Gasteiger partial charge in [-0.25, -0.2) is 19.2 Å². The number of rotatable bonds is 48. The molecule has 0 heterocycles. The average molecular weight is 1610 g/mol. The number of primary amides is 2. The first kappa shape index (κ1) is 106. The van der Waals surface area contributed by atoms with Crippen LogP contribution in [0.2, 0.25) is 0 Å². The quantitative estimate of drug-likeness (QED) is 0.00952. The molecule has 4 radical (unpaired) electrons. The number of nitrogens with zero attached hydrogens (tertiary/aromatic N) is 2. The van der Waals surface area contributed by atoms with Gasteiger partial charge in [-0.3, -0.25) is 47.5 Å². The van der Waals surface area contributed by atoms with Gasteiger partial charge < -0.3 is 107 Å². The van der Waals surface area contributed by atoms with E-state index in [1.165, 1.54) is 13.8 Å².